The highest BCUT2D eigenvalue weighted by Crippen LogP contribution is 2.09. The van der Waals surface area contributed by atoms with Gasteiger partial charge in [-0.25, -0.2) is 9.18 Å². The molecule has 0 bridgehead atoms. The van der Waals surface area contributed by atoms with E-state index in [9.17, 15) is 9.18 Å². The summed E-state index contributed by atoms with van der Waals surface area (Å²) in [5.74, 6) is -0.237. The molecule has 0 radical (unpaired) electrons. The van der Waals surface area contributed by atoms with E-state index in [4.69, 9.17) is 4.74 Å². The Balaban J connectivity index is 1.75. The highest BCUT2D eigenvalue weighted by molar-refractivity contribution is 5.74. The predicted molar refractivity (Wildman–Crippen MR) is 83.3 cm³/mol. The first-order valence-electron chi connectivity index (χ1n) is 7.59. The van der Waals surface area contributed by atoms with Crippen LogP contribution in [0.25, 0.3) is 0 Å². The number of benzene rings is 1. The van der Waals surface area contributed by atoms with E-state index >= 15 is 0 Å². The van der Waals surface area contributed by atoms with E-state index in [1.165, 1.54) is 6.07 Å². The summed E-state index contributed by atoms with van der Waals surface area (Å²) in [5, 5.41) is 2.85. The Kier molecular flexibility index (Phi) is 6.15. The van der Waals surface area contributed by atoms with Gasteiger partial charge in [0.25, 0.3) is 0 Å². The summed E-state index contributed by atoms with van der Waals surface area (Å²) >= 11 is 0. The van der Waals surface area contributed by atoms with Crippen LogP contribution in [-0.4, -0.2) is 62.3 Å². The number of halogens is 1. The minimum atomic E-state index is -0.237. The largest absolute Gasteiger partial charge is 0.383 e. The second kappa shape index (κ2) is 8.10. The van der Waals surface area contributed by atoms with Crippen molar-refractivity contribution in [1.29, 1.82) is 0 Å². The number of carbonyl (C=O) groups is 1. The minimum Gasteiger partial charge on any atom is -0.383 e. The number of carbonyl (C=O) groups excluding carboxylic acids is 1. The summed E-state index contributed by atoms with van der Waals surface area (Å²) in [4.78, 5) is 16.2. The molecule has 1 N–H and O–H groups in total. The van der Waals surface area contributed by atoms with Crippen LogP contribution in [0.5, 0.6) is 0 Å². The number of urea groups is 1. The molecule has 22 heavy (non-hydrogen) atoms. The molecule has 5 nitrogen and oxygen atoms in total. The van der Waals surface area contributed by atoms with Crippen LogP contribution in [0.3, 0.4) is 0 Å². The average Bonchev–Trinajstić information content (AvgIpc) is 2.54. The van der Waals surface area contributed by atoms with Crippen molar-refractivity contribution >= 4 is 6.03 Å². The Bertz CT molecular complexity index is 502. The number of aryl methyl sites for hydroxylation is 1. The van der Waals surface area contributed by atoms with Gasteiger partial charge in [0, 0.05) is 46.4 Å². The maximum atomic E-state index is 13.5. The third-order valence-corrected chi connectivity index (χ3v) is 3.95. The highest BCUT2D eigenvalue weighted by atomic mass is 19.1. The molecule has 1 aliphatic heterocycles. The first kappa shape index (κ1) is 16.7. The van der Waals surface area contributed by atoms with E-state index in [0.29, 0.717) is 31.8 Å². The second-order valence-electron chi connectivity index (χ2n) is 5.56. The molecule has 1 aliphatic rings. The number of piperazine rings is 1. The van der Waals surface area contributed by atoms with Crippen molar-refractivity contribution in [3.05, 3.63) is 35.1 Å². The predicted octanol–water partition coefficient (Wildman–Crippen LogP) is 1.61. The second-order valence-corrected chi connectivity index (χ2v) is 5.56. The van der Waals surface area contributed by atoms with E-state index < -0.39 is 0 Å². The summed E-state index contributed by atoms with van der Waals surface area (Å²) in [7, 11) is 1.69. The number of nitrogens with zero attached hydrogens (tertiary/aromatic N) is 2. The summed E-state index contributed by atoms with van der Waals surface area (Å²) in [6.07, 6.45) is 0. The molecule has 122 valence electrons. The lowest BCUT2D eigenvalue weighted by atomic mass is 10.1. The maximum Gasteiger partial charge on any atom is 0.317 e. The number of amides is 2. The van der Waals surface area contributed by atoms with E-state index in [2.05, 4.69) is 10.2 Å². The highest BCUT2D eigenvalue weighted by Gasteiger charge is 2.20. The smallest absolute Gasteiger partial charge is 0.317 e. The fourth-order valence-corrected chi connectivity index (χ4v) is 2.43. The van der Waals surface area contributed by atoms with Gasteiger partial charge in [-0.05, 0) is 24.1 Å². The topological polar surface area (TPSA) is 44.8 Å². The standard InChI is InChI=1S/C16H24FN3O2/c1-13-3-4-14(11-15(13)17)12-18-16(21)20-7-5-19(6-8-20)9-10-22-2/h3-4,11H,5-10,12H2,1-2H3,(H,18,21). The van der Waals surface area contributed by atoms with Crippen molar-refractivity contribution < 1.29 is 13.9 Å². The fraction of sp³-hybridized carbons (Fsp3) is 0.562. The molecule has 0 spiro atoms. The van der Waals surface area contributed by atoms with Gasteiger partial charge < -0.3 is 15.0 Å². The number of hydrogen-bond acceptors (Lipinski definition) is 3. The molecule has 1 aromatic carbocycles. The minimum absolute atomic E-state index is 0.0904. The van der Waals surface area contributed by atoms with Gasteiger partial charge in [-0.1, -0.05) is 12.1 Å². The molecule has 0 unspecified atom stereocenters. The third kappa shape index (κ3) is 4.68. The molecule has 2 amide bonds. The summed E-state index contributed by atoms with van der Waals surface area (Å²) < 4.78 is 18.5. The van der Waals surface area contributed by atoms with Crippen LogP contribution in [0.2, 0.25) is 0 Å². The van der Waals surface area contributed by atoms with Crippen LogP contribution >= 0.6 is 0 Å². The Morgan fingerprint density at radius 2 is 2.05 bits per heavy atom. The molecule has 1 aromatic rings. The molecule has 0 aliphatic carbocycles. The van der Waals surface area contributed by atoms with E-state index in [0.717, 1.165) is 25.2 Å². The summed E-state index contributed by atoms with van der Waals surface area (Å²) in [6, 6.07) is 4.94. The van der Waals surface area contributed by atoms with Gasteiger partial charge in [0.1, 0.15) is 5.82 Å². The van der Waals surface area contributed by atoms with Gasteiger partial charge in [-0.15, -0.1) is 0 Å². The summed E-state index contributed by atoms with van der Waals surface area (Å²) in [5.41, 5.74) is 1.39. The molecule has 0 saturated carbocycles. The van der Waals surface area contributed by atoms with Crippen LogP contribution in [0.15, 0.2) is 18.2 Å². The van der Waals surface area contributed by atoms with Crippen molar-refractivity contribution in [2.45, 2.75) is 13.5 Å². The zero-order chi connectivity index (χ0) is 15.9. The Morgan fingerprint density at radius 1 is 1.32 bits per heavy atom. The van der Waals surface area contributed by atoms with Gasteiger partial charge in [0.2, 0.25) is 0 Å². The number of rotatable bonds is 5. The van der Waals surface area contributed by atoms with Gasteiger partial charge in [-0.3, -0.25) is 4.90 Å². The van der Waals surface area contributed by atoms with E-state index in [1.807, 2.05) is 6.07 Å². The lowest BCUT2D eigenvalue weighted by Crippen LogP contribution is -2.52. The summed E-state index contributed by atoms with van der Waals surface area (Å²) in [6.45, 7) is 6.81. The lowest BCUT2D eigenvalue weighted by Gasteiger charge is -2.34. The first-order chi connectivity index (χ1) is 10.6. The number of ether oxygens (including phenoxy) is 1. The monoisotopic (exact) mass is 309 g/mol. The Labute approximate surface area is 131 Å². The normalized spacial score (nSPS) is 15.9. The zero-order valence-electron chi connectivity index (χ0n) is 13.3. The maximum absolute atomic E-state index is 13.5. The Morgan fingerprint density at radius 3 is 2.68 bits per heavy atom. The number of hydrogen-bond donors (Lipinski definition) is 1. The molecule has 0 atom stereocenters. The van der Waals surface area contributed by atoms with Gasteiger partial charge in [0.15, 0.2) is 0 Å². The van der Waals surface area contributed by atoms with Crippen molar-refractivity contribution in [3.8, 4) is 0 Å². The lowest BCUT2D eigenvalue weighted by molar-refractivity contribution is 0.106. The molecule has 1 fully saturated rings. The molecule has 0 aromatic heterocycles. The first-order valence-corrected chi connectivity index (χ1v) is 7.59. The third-order valence-electron chi connectivity index (χ3n) is 3.95. The number of methoxy groups -OCH3 is 1. The van der Waals surface area contributed by atoms with Crippen molar-refractivity contribution in [2.75, 3.05) is 46.4 Å². The van der Waals surface area contributed by atoms with E-state index in [1.54, 1.807) is 25.0 Å². The van der Waals surface area contributed by atoms with Crippen LogP contribution in [0, 0.1) is 12.7 Å². The molecular formula is C16H24FN3O2. The van der Waals surface area contributed by atoms with E-state index in [-0.39, 0.29) is 11.8 Å². The van der Waals surface area contributed by atoms with Gasteiger partial charge in [-0.2, -0.15) is 0 Å². The zero-order valence-corrected chi connectivity index (χ0v) is 13.3. The van der Waals surface area contributed by atoms with Gasteiger partial charge >= 0.3 is 6.03 Å². The van der Waals surface area contributed by atoms with Crippen molar-refractivity contribution in [1.82, 2.24) is 15.1 Å². The molecule has 1 heterocycles. The van der Waals surface area contributed by atoms with Crippen LogP contribution in [-0.2, 0) is 11.3 Å². The average molecular weight is 309 g/mol. The molecule has 1 saturated heterocycles. The van der Waals surface area contributed by atoms with Crippen LogP contribution < -0.4 is 5.32 Å². The molecule has 6 heteroatoms. The molecular weight excluding hydrogens is 285 g/mol. The quantitative estimate of drug-likeness (QED) is 0.899. The van der Waals surface area contributed by atoms with Crippen LogP contribution in [0.4, 0.5) is 9.18 Å². The SMILES string of the molecule is COCCN1CCN(C(=O)NCc2ccc(C)c(F)c2)CC1. The van der Waals surface area contributed by atoms with Crippen LogP contribution in [0.1, 0.15) is 11.1 Å². The fourth-order valence-electron chi connectivity index (χ4n) is 2.43. The Hall–Kier alpha value is -1.66. The number of nitrogens with one attached hydrogen (secondary N) is 1. The molecule has 2 rings (SSSR count). The van der Waals surface area contributed by atoms with Gasteiger partial charge in [0.05, 0.1) is 6.61 Å². The van der Waals surface area contributed by atoms with Crippen molar-refractivity contribution in [2.24, 2.45) is 0 Å². The van der Waals surface area contributed by atoms with Crippen molar-refractivity contribution in [3.63, 3.8) is 0 Å².